The van der Waals surface area contributed by atoms with Crippen LogP contribution in [-0.2, 0) is 11.4 Å². The van der Waals surface area contributed by atoms with Crippen LogP contribution in [0.3, 0.4) is 0 Å². The first-order valence-corrected chi connectivity index (χ1v) is 11.0. The number of rotatable bonds is 8. The number of methoxy groups -OCH3 is 1. The van der Waals surface area contributed by atoms with Crippen LogP contribution < -0.4 is 14.4 Å². The number of hydrogen-bond acceptors (Lipinski definition) is 5. The van der Waals surface area contributed by atoms with Crippen molar-refractivity contribution >= 4 is 28.1 Å². The van der Waals surface area contributed by atoms with Gasteiger partial charge in [-0.2, -0.15) is 0 Å². The molecule has 3 aromatic carbocycles. The number of thiazole rings is 1. The van der Waals surface area contributed by atoms with Crippen molar-refractivity contribution in [2.45, 2.75) is 6.61 Å². The maximum absolute atomic E-state index is 13.5. The normalized spacial score (nSPS) is 10.5. The lowest BCUT2D eigenvalue weighted by atomic mass is 10.2. The Kier molecular flexibility index (Phi) is 6.80. The number of carbonyl (C=O) groups is 1. The fourth-order valence-electron chi connectivity index (χ4n) is 3.22. The summed E-state index contributed by atoms with van der Waals surface area (Å²) in [4.78, 5) is 19.0. The molecule has 0 saturated carbocycles. The SMILES string of the molecule is C=CC(=O)N(c1nc(-c2ccc(OC)cc2)cs1)c1ccccc1OCc1cccc(F)c1. The summed E-state index contributed by atoms with van der Waals surface area (Å²) in [7, 11) is 1.61. The zero-order valence-corrected chi connectivity index (χ0v) is 18.7. The molecule has 0 bridgehead atoms. The third-order valence-electron chi connectivity index (χ3n) is 4.85. The fourth-order valence-corrected chi connectivity index (χ4v) is 4.07. The second-order valence-corrected chi connectivity index (χ2v) is 7.84. The Morgan fingerprint density at radius 2 is 1.91 bits per heavy atom. The number of halogens is 1. The lowest BCUT2D eigenvalue weighted by Crippen LogP contribution is -2.24. The Morgan fingerprint density at radius 3 is 2.64 bits per heavy atom. The van der Waals surface area contributed by atoms with E-state index in [1.165, 1.54) is 34.4 Å². The Labute approximate surface area is 195 Å². The van der Waals surface area contributed by atoms with Crippen LogP contribution in [0.15, 0.2) is 90.8 Å². The number of para-hydroxylation sites is 2. The van der Waals surface area contributed by atoms with Gasteiger partial charge in [0.15, 0.2) is 5.13 Å². The summed E-state index contributed by atoms with van der Waals surface area (Å²) in [5, 5.41) is 2.36. The van der Waals surface area contributed by atoms with Crippen LogP contribution in [0.25, 0.3) is 11.3 Å². The molecule has 1 heterocycles. The number of carbonyl (C=O) groups excluding carboxylic acids is 1. The molecule has 0 spiro atoms. The lowest BCUT2D eigenvalue weighted by molar-refractivity contribution is -0.113. The Balaban J connectivity index is 1.65. The number of nitrogens with zero attached hydrogens (tertiary/aromatic N) is 2. The standard InChI is InChI=1S/C26H21FN2O3S/c1-3-25(30)29(26-28-22(17-33-26)19-11-13-21(31-2)14-12-19)23-9-4-5-10-24(23)32-16-18-7-6-8-20(27)15-18/h3-15,17H,1,16H2,2H3. The predicted molar refractivity (Wildman–Crippen MR) is 129 cm³/mol. The number of hydrogen-bond donors (Lipinski definition) is 0. The van der Waals surface area contributed by atoms with Crippen molar-refractivity contribution in [1.82, 2.24) is 4.98 Å². The molecule has 5 nitrogen and oxygen atoms in total. The molecule has 0 aliphatic heterocycles. The van der Waals surface area contributed by atoms with Gasteiger partial charge in [-0.1, -0.05) is 30.8 Å². The Hall–Kier alpha value is -3.97. The summed E-state index contributed by atoms with van der Waals surface area (Å²) < 4.78 is 24.7. The molecule has 4 aromatic rings. The number of ether oxygens (including phenoxy) is 2. The molecule has 1 amide bonds. The van der Waals surface area contributed by atoms with Crippen molar-refractivity contribution < 1.29 is 18.7 Å². The highest BCUT2D eigenvalue weighted by molar-refractivity contribution is 7.14. The van der Waals surface area contributed by atoms with E-state index in [-0.39, 0.29) is 18.3 Å². The zero-order chi connectivity index (χ0) is 23.2. The van der Waals surface area contributed by atoms with Crippen molar-refractivity contribution in [3.05, 3.63) is 102 Å². The van der Waals surface area contributed by atoms with E-state index in [1.54, 1.807) is 31.4 Å². The number of amides is 1. The third-order valence-corrected chi connectivity index (χ3v) is 5.68. The lowest BCUT2D eigenvalue weighted by Gasteiger charge is -2.21. The van der Waals surface area contributed by atoms with Gasteiger partial charge in [0.2, 0.25) is 0 Å². The molecule has 33 heavy (non-hydrogen) atoms. The van der Waals surface area contributed by atoms with Gasteiger partial charge in [-0.3, -0.25) is 4.79 Å². The molecule has 1 aromatic heterocycles. The highest BCUT2D eigenvalue weighted by Crippen LogP contribution is 2.38. The first-order chi connectivity index (χ1) is 16.1. The fraction of sp³-hybridized carbons (Fsp3) is 0.0769. The van der Waals surface area contributed by atoms with Crippen LogP contribution in [0.1, 0.15) is 5.56 Å². The van der Waals surface area contributed by atoms with Gasteiger partial charge in [-0.15, -0.1) is 11.3 Å². The van der Waals surface area contributed by atoms with Gasteiger partial charge in [0, 0.05) is 10.9 Å². The third kappa shape index (κ3) is 5.10. The van der Waals surface area contributed by atoms with Gasteiger partial charge in [0.05, 0.1) is 18.5 Å². The molecule has 0 radical (unpaired) electrons. The van der Waals surface area contributed by atoms with Crippen LogP contribution >= 0.6 is 11.3 Å². The maximum Gasteiger partial charge on any atom is 0.256 e. The average Bonchev–Trinajstić information content (AvgIpc) is 3.33. The van der Waals surface area contributed by atoms with Crippen molar-refractivity contribution in [2.75, 3.05) is 12.0 Å². The van der Waals surface area contributed by atoms with Gasteiger partial charge in [-0.25, -0.2) is 14.3 Å². The van der Waals surface area contributed by atoms with Crippen LogP contribution in [-0.4, -0.2) is 18.0 Å². The summed E-state index contributed by atoms with van der Waals surface area (Å²) in [6.45, 7) is 3.79. The maximum atomic E-state index is 13.5. The highest BCUT2D eigenvalue weighted by atomic mass is 32.1. The van der Waals surface area contributed by atoms with Gasteiger partial charge >= 0.3 is 0 Å². The predicted octanol–water partition coefficient (Wildman–Crippen LogP) is 6.39. The molecular formula is C26H21FN2O3S. The van der Waals surface area contributed by atoms with E-state index in [2.05, 4.69) is 11.6 Å². The first kappa shape index (κ1) is 22.2. The summed E-state index contributed by atoms with van der Waals surface area (Å²) in [5.41, 5.74) is 2.84. The molecule has 4 rings (SSSR count). The molecule has 0 atom stereocenters. The van der Waals surface area contributed by atoms with Gasteiger partial charge < -0.3 is 9.47 Å². The largest absolute Gasteiger partial charge is 0.497 e. The topological polar surface area (TPSA) is 51.7 Å². The van der Waals surface area contributed by atoms with Crippen molar-refractivity contribution in [3.63, 3.8) is 0 Å². The average molecular weight is 461 g/mol. The minimum absolute atomic E-state index is 0.153. The molecule has 7 heteroatoms. The van der Waals surface area contributed by atoms with Crippen LogP contribution in [0.4, 0.5) is 15.2 Å². The monoisotopic (exact) mass is 460 g/mol. The van der Waals surface area contributed by atoms with Gasteiger partial charge in [-0.05, 0) is 60.2 Å². The second kappa shape index (κ2) is 10.1. The van der Waals surface area contributed by atoms with Crippen LogP contribution in [0.2, 0.25) is 0 Å². The van der Waals surface area contributed by atoms with E-state index in [9.17, 15) is 9.18 Å². The summed E-state index contributed by atoms with van der Waals surface area (Å²) in [6, 6.07) is 20.9. The summed E-state index contributed by atoms with van der Waals surface area (Å²) in [6.07, 6.45) is 1.23. The smallest absolute Gasteiger partial charge is 0.256 e. The van der Waals surface area contributed by atoms with E-state index in [4.69, 9.17) is 9.47 Å². The van der Waals surface area contributed by atoms with E-state index in [0.717, 1.165) is 17.0 Å². The molecule has 0 aliphatic carbocycles. The van der Waals surface area contributed by atoms with Gasteiger partial charge in [0.1, 0.15) is 23.9 Å². The van der Waals surface area contributed by atoms with E-state index in [0.29, 0.717) is 22.1 Å². The number of anilines is 2. The molecular weight excluding hydrogens is 439 g/mol. The summed E-state index contributed by atoms with van der Waals surface area (Å²) >= 11 is 1.34. The summed E-state index contributed by atoms with van der Waals surface area (Å²) in [5.74, 6) is 0.550. The van der Waals surface area contributed by atoms with E-state index < -0.39 is 0 Å². The van der Waals surface area contributed by atoms with Crippen LogP contribution in [0.5, 0.6) is 11.5 Å². The second-order valence-electron chi connectivity index (χ2n) is 7.01. The zero-order valence-electron chi connectivity index (χ0n) is 17.9. The first-order valence-electron chi connectivity index (χ1n) is 10.1. The van der Waals surface area contributed by atoms with E-state index >= 15 is 0 Å². The Morgan fingerprint density at radius 1 is 1.12 bits per heavy atom. The number of benzene rings is 3. The molecule has 0 unspecified atom stereocenters. The quantitative estimate of drug-likeness (QED) is 0.286. The molecule has 166 valence electrons. The highest BCUT2D eigenvalue weighted by Gasteiger charge is 2.23. The molecule has 0 aliphatic rings. The Bertz CT molecular complexity index is 1270. The van der Waals surface area contributed by atoms with Crippen molar-refractivity contribution in [2.24, 2.45) is 0 Å². The van der Waals surface area contributed by atoms with Gasteiger partial charge in [0.25, 0.3) is 5.91 Å². The minimum atomic E-state index is -0.340. The molecule has 0 fully saturated rings. The molecule has 0 saturated heterocycles. The van der Waals surface area contributed by atoms with E-state index in [1.807, 2.05) is 41.8 Å². The van der Waals surface area contributed by atoms with Crippen molar-refractivity contribution in [3.8, 4) is 22.8 Å². The van der Waals surface area contributed by atoms with Crippen LogP contribution in [0, 0.1) is 5.82 Å². The number of aromatic nitrogens is 1. The minimum Gasteiger partial charge on any atom is -0.497 e. The van der Waals surface area contributed by atoms with Crippen molar-refractivity contribution in [1.29, 1.82) is 0 Å². The molecule has 0 N–H and O–H groups in total.